The van der Waals surface area contributed by atoms with Crippen LogP contribution in [0.5, 0.6) is 17.2 Å². The number of hydrogen-bond acceptors (Lipinski definition) is 6. The van der Waals surface area contributed by atoms with Crippen molar-refractivity contribution in [1.82, 2.24) is 5.32 Å². The summed E-state index contributed by atoms with van der Waals surface area (Å²) in [6.45, 7) is 2.29. The van der Waals surface area contributed by atoms with E-state index in [1.165, 1.54) is 14.2 Å². The van der Waals surface area contributed by atoms with E-state index < -0.39 is 0 Å². The van der Waals surface area contributed by atoms with Gasteiger partial charge in [0.15, 0.2) is 11.5 Å². The molecular weight excluding hydrogens is 330 g/mol. The van der Waals surface area contributed by atoms with Gasteiger partial charge in [0, 0.05) is 30.8 Å². The number of methoxy groups -OCH3 is 3. The Balaban J connectivity index is 1.91. The average Bonchev–Trinajstić information content (AvgIpc) is 2.64. The third kappa shape index (κ3) is 4.70. The summed E-state index contributed by atoms with van der Waals surface area (Å²) in [5.41, 5.74) is 0.436. The van der Waals surface area contributed by atoms with Crippen LogP contribution in [0.4, 0.5) is 0 Å². The molecular formula is C17H25NO5S. The predicted octanol–water partition coefficient (Wildman–Crippen LogP) is 2.35. The van der Waals surface area contributed by atoms with E-state index in [4.69, 9.17) is 18.9 Å². The summed E-state index contributed by atoms with van der Waals surface area (Å²) in [5, 5.41) is 3.57. The molecule has 2 rings (SSSR count). The van der Waals surface area contributed by atoms with Crippen LogP contribution in [0, 0.1) is 0 Å². The molecule has 24 heavy (non-hydrogen) atoms. The van der Waals surface area contributed by atoms with Gasteiger partial charge in [-0.1, -0.05) is 0 Å². The van der Waals surface area contributed by atoms with Gasteiger partial charge in [-0.3, -0.25) is 4.79 Å². The number of carbonyl (C=O) groups is 1. The van der Waals surface area contributed by atoms with Crippen molar-refractivity contribution in [3.8, 4) is 17.2 Å². The van der Waals surface area contributed by atoms with E-state index in [9.17, 15) is 4.79 Å². The molecule has 0 radical (unpaired) electrons. The number of ether oxygens (including phenoxy) is 4. The highest BCUT2D eigenvalue weighted by Gasteiger charge is 2.20. The summed E-state index contributed by atoms with van der Waals surface area (Å²) in [4.78, 5) is 12.4. The lowest BCUT2D eigenvalue weighted by atomic mass is 10.1. The van der Waals surface area contributed by atoms with Crippen molar-refractivity contribution in [3.05, 3.63) is 17.7 Å². The van der Waals surface area contributed by atoms with Gasteiger partial charge in [0.2, 0.25) is 5.75 Å². The Labute approximate surface area is 147 Å². The predicted molar refractivity (Wildman–Crippen MR) is 94.7 cm³/mol. The van der Waals surface area contributed by atoms with Crippen molar-refractivity contribution in [2.75, 3.05) is 46.8 Å². The Morgan fingerprint density at radius 1 is 1.17 bits per heavy atom. The highest BCUT2D eigenvalue weighted by Crippen LogP contribution is 2.39. The lowest BCUT2D eigenvalue weighted by Crippen LogP contribution is -2.27. The molecule has 0 atom stereocenters. The Bertz CT molecular complexity index is 546. The molecule has 134 valence electrons. The molecule has 1 fully saturated rings. The Hall–Kier alpha value is -1.60. The van der Waals surface area contributed by atoms with Gasteiger partial charge in [-0.15, -0.1) is 0 Å². The summed E-state index contributed by atoms with van der Waals surface area (Å²) in [5.74, 6) is 2.03. The van der Waals surface area contributed by atoms with E-state index in [0.29, 0.717) is 34.6 Å². The van der Waals surface area contributed by atoms with E-state index in [-0.39, 0.29) is 5.91 Å². The molecule has 0 saturated carbocycles. The lowest BCUT2D eigenvalue weighted by molar-refractivity contribution is 0.0951. The van der Waals surface area contributed by atoms with Crippen molar-refractivity contribution in [2.24, 2.45) is 0 Å². The van der Waals surface area contributed by atoms with Gasteiger partial charge < -0.3 is 24.3 Å². The largest absolute Gasteiger partial charge is 0.493 e. The Morgan fingerprint density at radius 3 is 2.50 bits per heavy atom. The molecule has 0 aliphatic carbocycles. The standard InChI is InChI=1S/C17H25NO5S/c1-20-14-5-4-13(15(21-2)16(14)22-3)17(19)18-8-11-24-12-6-9-23-10-7-12/h4-5,12H,6-11H2,1-3H3,(H,18,19). The smallest absolute Gasteiger partial charge is 0.255 e. The lowest BCUT2D eigenvalue weighted by Gasteiger charge is -2.21. The van der Waals surface area contributed by atoms with Crippen LogP contribution in [0.3, 0.4) is 0 Å². The SMILES string of the molecule is COc1ccc(C(=O)NCCSC2CCOCC2)c(OC)c1OC. The van der Waals surface area contributed by atoms with Crippen molar-refractivity contribution in [2.45, 2.75) is 18.1 Å². The number of thioether (sulfide) groups is 1. The Morgan fingerprint density at radius 2 is 1.88 bits per heavy atom. The maximum Gasteiger partial charge on any atom is 0.255 e. The van der Waals surface area contributed by atoms with E-state index >= 15 is 0 Å². The van der Waals surface area contributed by atoms with Crippen LogP contribution in [0.2, 0.25) is 0 Å². The highest BCUT2D eigenvalue weighted by molar-refractivity contribution is 7.99. The summed E-state index contributed by atoms with van der Waals surface area (Å²) in [6.07, 6.45) is 2.17. The minimum absolute atomic E-state index is 0.180. The van der Waals surface area contributed by atoms with E-state index in [1.54, 1.807) is 19.2 Å². The number of amides is 1. The van der Waals surface area contributed by atoms with Gasteiger partial charge in [0.1, 0.15) is 0 Å². The topological polar surface area (TPSA) is 66.0 Å². The summed E-state index contributed by atoms with van der Waals surface area (Å²) < 4.78 is 21.2. The first-order chi connectivity index (χ1) is 11.7. The second-order valence-corrected chi connectivity index (χ2v) is 6.73. The second kappa shape index (κ2) is 9.64. The monoisotopic (exact) mass is 355 g/mol. The van der Waals surface area contributed by atoms with Crippen LogP contribution >= 0.6 is 11.8 Å². The first-order valence-electron chi connectivity index (χ1n) is 7.97. The Kier molecular flexibility index (Phi) is 7.52. The normalized spacial score (nSPS) is 15.0. The van der Waals surface area contributed by atoms with Crippen LogP contribution < -0.4 is 19.5 Å². The first-order valence-corrected chi connectivity index (χ1v) is 9.02. The average molecular weight is 355 g/mol. The van der Waals surface area contributed by atoms with Crippen LogP contribution in [0.1, 0.15) is 23.2 Å². The zero-order valence-corrected chi connectivity index (χ0v) is 15.2. The summed E-state index contributed by atoms with van der Waals surface area (Å²) >= 11 is 1.89. The fraction of sp³-hybridized carbons (Fsp3) is 0.588. The van der Waals surface area contributed by atoms with Gasteiger partial charge in [0.05, 0.1) is 26.9 Å². The zero-order valence-electron chi connectivity index (χ0n) is 14.4. The molecule has 1 aliphatic rings. The molecule has 0 aromatic heterocycles. The van der Waals surface area contributed by atoms with Crippen LogP contribution in [-0.4, -0.2) is 58.0 Å². The number of benzene rings is 1. The number of nitrogens with one attached hydrogen (secondary N) is 1. The first kappa shape index (κ1) is 18.7. The number of carbonyl (C=O) groups excluding carboxylic acids is 1. The van der Waals surface area contributed by atoms with E-state index in [2.05, 4.69) is 5.32 Å². The maximum absolute atomic E-state index is 12.4. The summed E-state index contributed by atoms with van der Waals surface area (Å²) in [7, 11) is 4.58. The van der Waals surface area contributed by atoms with Crippen molar-refractivity contribution < 1.29 is 23.7 Å². The van der Waals surface area contributed by atoms with Gasteiger partial charge in [-0.25, -0.2) is 0 Å². The van der Waals surface area contributed by atoms with E-state index in [1.807, 2.05) is 11.8 Å². The molecule has 0 bridgehead atoms. The molecule has 1 saturated heterocycles. The van der Waals surface area contributed by atoms with Crippen LogP contribution in [0.25, 0.3) is 0 Å². The van der Waals surface area contributed by atoms with Crippen molar-refractivity contribution in [3.63, 3.8) is 0 Å². The quantitative estimate of drug-likeness (QED) is 0.722. The minimum Gasteiger partial charge on any atom is -0.493 e. The van der Waals surface area contributed by atoms with Crippen LogP contribution in [0.15, 0.2) is 12.1 Å². The zero-order chi connectivity index (χ0) is 17.4. The molecule has 0 spiro atoms. The number of hydrogen-bond donors (Lipinski definition) is 1. The number of rotatable bonds is 8. The fourth-order valence-corrected chi connectivity index (χ4v) is 3.69. The third-order valence-electron chi connectivity index (χ3n) is 3.86. The molecule has 0 unspecified atom stereocenters. The van der Waals surface area contributed by atoms with Crippen molar-refractivity contribution >= 4 is 17.7 Å². The van der Waals surface area contributed by atoms with Gasteiger partial charge in [-0.05, 0) is 25.0 Å². The molecule has 1 heterocycles. The second-order valence-electron chi connectivity index (χ2n) is 5.32. The van der Waals surface area contributed by atoms with Gasteiger partial charge in [0.25, 0.3) is 5.91 Å². The maximum atomic E-state index is 12.4. The van der Waals surface area contributed by atoms with Crippen LogP contribution in [-0.2, 0) is 4.74 Å². The molecule has 7 heteroatoms. The van der Waals surface area contributed by atoms with E-state index in [0.717, 1.165) is 31.8 Å². The molecule has 1 amide bonds. The molecule has 1 N–H and O–H groups in total. The molecule has 1 aliphatic heterocycles. The molecule has 6 nitrogen and oxygen atoms in total. The molecule has 1 aromatic rings. The highest BCUT2D eigenvalue weighted by atomic mass is 32.2. The minimum atomic E-state index is -0.180. The third-order valence-corrected chi connectivity index (χ3v) is 5.24. The molecule has 1 aromatic carbocycles. The summed E-state index contributed by atoms with van der Waals surface area (Å²) in [6, 6.07) is 3.38. The van der Waals surface area contributed by atoms with Gasteiger partial charge in [-0.2, -0.15) is 11.8 Å². The van der Waals surface area contributed by atoms with Gasteiger partial charge >= 0.3 is 0 Å². The van der Waals surface area contributed by atoms with Crippen molar-refractivity contribution in [1.29, 1.82) is 0 Å². The fourth-order valence-electron chi connectivity index (χ4n) is 2.61.